The summed E-state index contributed by atoms with van der Waals surface area (Å²) < 4.78 is 23.6. The number of hydrogen-bond donors (Lipinski definition) is 0. The van der Waals surface area contributed by atoms with Crippen molar-refractivity contribution in [2.45, 2.75) is 0 Å². The van der Waals surface area contributed by atoms with Crippen molar-refractivity contribution in [2.75, 3.05) is 21.3 Å². The summed E-state index contributed by atoms with van der Waals surface area (Å²) in [5.41, 5.74) is 1.07. The molecule has 3 rings (SSSR count). The highest BCUT2D eigenvalue weighted by Gasteiger charge is 2.23. The smallest absolute Gasteiger partial charge is 0.197 e. The minimum atomic E-state index is -0.164. The second-order valence-corrected chi connectivity index (χ2v) is 7.26. The Morgan fingerprint density at radius 3 is 2.08 bits per heavy atom. The number of rotatable bonds is 4. The summed E-state index contributed by atoms with van der Waals surface area (Å²) in [6, 6.07) is 8.80. The molecule has 0 fully saturated rings. The maximum absolute atomic E-state index is 12.8. The molecule has 0 spiro atoms. The van der Waals surface area contributed by atoms with Crippen molar-refractivity contribution in [3.8, 4) is 28.6 Å². The number of halogens is 2. The van der Waals surface area contributed by atoms with E-state index in [1.165, 1.54) is 13.2 Å². The van der Waals surface area contributed by atoms with E-state index in [-0.39, 0.29) is 5.43 Å². The molecule has 0 aliphatic carbocycles. The number of hydrogen-bond acceptors (Lipinski definition) is 5. The highest BCUT2D eigenvalue weighted by molar-refractivity contribution is 14.1. The van der Waals surface area contributed by atoms with Crippen molar-refractivity contribution >= 4 is 56.2 Å². The lowest BCUT2D eigenvalue weighted by atomic mass is 10.1. The molecule has 0 atom stereocenters. The molecule has 0 unspecified atom stereocenters. The number of ether oxygens (including phenoxy) is 3. The van der Waals surface area contributed by atoms with Gasteiger partial charge in [0.05, 0.1) is 28.5 Å². The van der Waals surface area contributed by atoms with Crippen LogP contribution in [-0.2, 0) is 0 Å². The number of methoxy groups -OCH3 is 3. The largest absolute Gasteiger partial charge is 0.497 e. The second-order valence-electron chi connectivity index (χ2n) is 5.10. The van der Waals surface area contributed by atoms with Gasteiger partial charge in [0, 0.05) is 11.6 Å². The summed E-state index contributed by atoms with van der Waals surface area (Å²) >= 11 is 4.23. The van der Waals surface area contributed by atoms with Crippen LogP contribution in [0.3, 0.4) is 0 Å². The van der Waals surface area contributed by atoms with E-state index in [0.29, 0.717) is 28.2 Å². The van der Waals surface area contributed by atoms with Crippen molar-refractivity contribution < 1.29 is 18.6 Å². The Balaban J connectivity index is 2.33. The van der Waals surface area contributed by atoms with Gasteiger partial charge in [-0.3, -0.25) is 4.79 Å². The van der Waals surface area contributed by atoms with Crippen LogP contribution in [0.5, 0.6) is 17.2 Å². The van der Waals surface area contributed by atoms with E-state index in [4.69, 9.17) is 18.6 Å². The van der Waals surface area contributed by atoms with Crippen LogP contribution < -0.4 is 19.6 Å². The SMILES string of the molecule is COc1ccc(-c2cc(=O)c3c(OC)c(I)c(OC)c(I)c3o2)cc1. The van der Waals surface area contributed by atoms with Gasteiger partial charge in [-0.25, -0.2) is 0 Å². The topological polar surface area (TPSA) is 57.9 Å². The second kappa shape index (κ2) is 7.40. The van der Waals surface area contributed by atoms with Crippen LogP contribution in [0.15, 0.2) is 39.5 Å². The van der Waals surface area contributed by atoms with Gasteiger partial charge >= 0.3 is 0 Å². The van der Waals surface area contributed by atoms with E-state index in [1.54, 1.807) is 14.2 Å². The molecule has 5 nitrogen and oxygen atoms in total. The molecule has 7 heteroatoms. The zero-order valence-electron chi connectivity index (χ0n) is 13.7. The van der Waals surface area contributed by atoms with Gasteiger partial charge in [0.2, 0.25) is 0 Å². The van der Waals surface area contributed by atoms with E-state index >= 15 is 0 Å². The molecule has 0 aliphatic rings. The quantitative estimate of drug-likeness (QED) is 0.431. The van der Waals surface area contributed by atoms with E-state index in [0.717, 1.165) is 18.5 Å². The molecule has 0 aliphatic heterocycles. The third-order valence-corrected chi connectivity index (χ3v) is 5.71. The average molecular weight is 564 g/mol. The van der Waals surface area contributed by atoms with Crippen LogP contribution >= 0.6 is 45.2 Å². The summed E-state index contributed by atoms with van der Waals surface area (Å²) in [6.45, 7) is 0. The summed E-state index contributed by atoms with van der Waals surface area (Å²) in [5.74, 6) is 2.30. The molecule has 0 saturated carbocycles. The minimum absolute atomic E-state index is 0.164. The molecular formula is C18H14I2O5. The molecule has 25 heavy (non-hydrogen) atoms. The van der Waals surface area contributed by atoms with Crippen LogP contribution in [0.4, 0.5) is 0 Å². The Bertz CT molecular complexity index is 993. The zero-order valence-corrected chi connectivity index (χ0v) is 18.0. The Labute approximate surface area is 171 Å². The molecular weight excluding hydrogens is 550 g/mol. The molecule has 0 N–H and O–H groups in total. The van der Waals surface area contributed by atoms with Crippen LogP contribution in [-0.4, -0.2) is 21.3 Å². The van der Waals surface area contributed by atoms with E-state index in [1.807, 2.05) is 24.3 Å². The number of fused-ring (bicyclic) bond motifs is 1. The zero-order chi connectivity index (χ0) is 18.1. The summed E-state index contributed by atoms with van der Waals surface area (Å²) in [7, 11) is 4.71. The maximum atomic E-state index is 12.8. The fraction of sp³-hybridized carbons (Fsp3) is 0.167. The van der Waals surface area contributed by atoms with Crippen LogP contribution in [0, 0.1) is 7.14 Å². The van der Waals surface area contributed by atoms with Gasteiger partial charge < -0.3 is 18.6 Å². The molecule has 2 aromatic carbocycles. The first-order valence-electron chi connectivity index (χ1n) is 7.23. The normalized spacial score (nSPS) is 10.8. The fourth-order valence-corrected chi connectivity index (χ4v) is 4.91. The van der Waals surface area contributed by atoms with E-state index in [2.05, 4.69) is 45.2 Å². The molecule has 130 valence electrons. The van der Waals surface area contributed by atoms with Gasteiger partial charge in [0.1, 0.15) is 16.9 Å². The van der Waals surface area contributed by atoms with Crippen molar-refractivity contribution in [3.63, 3.8) is 0 Å². The Morgan fingerprint density at radius 2 is 1.52 bits per heavy atom. The molecule has 0 radical (unpaired) electrons. The van der Waals surface area contributed by atoms with Crippen molar-refractivity contribution in [3.05, 3.63) is 47.7 Å². The van der Waals surface area contributed by atoms with Gasteiger partial charge in [-0.2, -0.15) is 0 Å². The average Bonchev–Trinajstić information content (AvgIpc) is 2.63. The first-order chi connectivity index (χ1) is 12.0. The van der Waals surface area contributed by atoms with E-state index < -0.39 is 0 Å². The lowest BCUT2D eigenvalue weighted by molar-refractivity contribution is 0.389. The van der Waals surface area contributed by atoms with Crippen molar-refractivity contribution in [2.24, 2.45) is 0 Å². The summed E-state index contributed by atoms with van der Waals surface area (Å²) in [4.78, 5) is 12.8. The Morgan fingerprint density at radius 1 is 0.880 bits per heavy atom. The van der Waals surface area contributed by atoms with Crippen molar-refractivity contribution in [1.82, 2.24) is 0 Å². The molecule has 0 amide bonds. The standard InChI is InChI=1S/C18H14I2O5/c1-22-10-6-4-9(5-7-10)12-8-11(21)13-16(23-2)14(19)18(24-3)15(20)17(13)25-12/h4-8H,1-3H3. The minimum Gasteiger partial charge on any atom is -0.497 e. The third-order valence-electron chi connectivity index (χ3n) is 3.75. The predicted molar refractivity (Wildman–Crippen MR) is 113 cm³/mol. The first-order valence-corrected chi connectivity index (χ1v) is 9.38. The monoisotopic (exact) mass is 564 g/mol. The van der Waals surface area contributed by atoms with Gasteiger partial charge in [-0.1, -0.05) is 0 Å². The lowest BCUT2D eigenvalue weighted by Gasteiger charge is -2.14. The highest BCUT2D eigenvalue weighted by atomic mass is 127. The van der Waals surface area contributed by atoms with Crippen LogP contribution in [0.25, 0.3) is 22.3 Å². The van der Waals surface area contributed by atoms with Gasteiger partial charge in [-0.05, 0) is 69.4 Å². The maximum Gasteiger partial charge on any atom is 0.197 e. The Hall–Kier alpha value is -1.49. The Kier molecular flexibility index (Phi) is 5.42. The molecule has 0 saturated heterocycles. The van der Waals surface area contributed by atoms with Gasteiger partial charge in [0.25, 0.3) is 0 Å². The summed E-state index contributed by atoms with van der Waals surface area (Å²) in [6.07, 6.45) is 0. The fourth-order valence-electron chi connectivity index (χ4n) is 2.54. The highest BCUT2D eigenvalue weighted by Crippen LogP contribution is 2.41. The van der Waals surface area contributed by atoms with Crippen LogP contribution in [0.2, 0.25) is 0 Å². The predicted octanol–water partition coefficient (Wildman–Crippen LogP) is 4.70. The van der Waals surface area contributed by atoms with E-state index in [9.17, 15) is 4.79 Å². The number of benzene rings is 2. The molecule has 0 bridgehead atoms. The summed E-state index contributed by atoms with van der Waals surface area (Å²) in [5, 5.41) is 0.411. The van der Waals surface area contributed by atoms with Crippen LogP contribution in [0.1, 0.15) is 0 Å². The van der Waals surface area contributed by atoms with Crippen molar-refractivity contribution in [1.29, 1.82) is 0 Å². The molecule has 3 aromatic rings. The van der Waals surface area contributed by atoms with Gasteiger partial charge in [-0.15, -0.1) is 0 Å². The van der Waals surface area contributed by atoms with Gasteiger partial charge in [0.15, 0.2) is 22.5 Å². The molecule has 1 aromatic heterocycles. The molecule has 1 heterocycles. The lowest BCUT2D eigenvalue weighted by Crippen LogP contribution is -2.07. The third kappa shape index (κ3) is 3.19. The first kappa shape index (κ1) is 18.3.